The first kappa shape index (κ1) is 25.0. The van der Waals surface area contributed by atoms with E-state index in [9.17, 15) is 18.3 Å². The number of anilines is 1. The van der Waals surface area contributed by atoms with Gasteiger partial charge in [0.15, 0.2) is 11.4 Å². The molecule has 0 aliphatic heterocycles. The number of aromatic nitrogens is 1. The SMILES string of the molecule is CCCCOC(=O)c1ncc2cc(Oc3ccc(NS(=O)(=O)c4ccc(C)cc4)cc3)ccc2c1O. The summed E-state index contributed by atoms with van der Waals surface area (Å²) in [6.07, 6.45) is 3.10. The molecule has 1 heterocycles. The zero-order valence-electron chi connectivity index (χ0n) is 19.9. The minimum Gasteiger partial charge on any atom is -0.505 e. The van der Waals surface area contributed by atoms with E-state index in [-0.39, 0.29) is 22.9 Å². The fraction of sp³-hybridized carbons (Fsp3) is 0.185. The molecule has 0 fully saturated rings. The van der Waals surface area contributed by atoms with Crippen LogP contribution >= 0.6 is 0 Å². The van der Waals surface area contributed by atoms with Gasteiger partial charge in [0, 0.05) is 22.7 Å². The lowest BCUT2D eigenvalue weighted by atomic mass is 10.1. The van der Waals surface area contributed by atoms with Crippen molar-refractivity contribution in [3.8, 4) is 17.2 Å². The fourth-order valence-corrected chi connectivity index (χ4v) is 4.49. The van der Waals surface area contributed by atoms with Gasteiger partial charge in [0.2, 0.25) is 0 Å². The molecular formula is C27H26N2O6S. The predicted octanol–water partition coefficient (Wildman–Crippen LogP) is 5.80. The van der Waals surface area contributed by atoms with E-state index in [0.717, 1.165) is 18.4 Å². The van der Waals surface area contributed by atoms with Crippen LogP contribution in [-0.2, 0) is 14.8 Å². The third kappa shape index (κ3) is 5.75. The minimum absolute atomic E-state index is 0.129. The van der Waals surface area contributed by atoms with Crippen molar-refractivity contribution in [1.82, 2.24) is 4.98 Å². The first-order valence-electron chi connectivity index (χ1n) is 11.4. The molecule has 0 saturated heterocycles. The number of ether oxygens (including phenoxy) is 2. The highest BCUT2D eigenvalue weighted by Crippen LogP contribution is 2.32. The van der Waals surface area contributed by atoms with Gasteiger partial charge in [-0.1, -0.05) is 31.0 Å². The zero-order valence-corrected chi connectivity index (χ0v) is 20.7. The average molecular weight is 507 g/mol. The Hall–Kier alpha value is -4.11. The van der Waals surface area contributed by atoms with Crippen LogP contribution in [0.5, 0.6) is 17.2 Å². The van der Waals surface area contributed by atoms with Gasteiger partial charge in [-0.25, -0.2) is 18.2 Å². The Morgan fingerprint density at radius 1 is 1.00 bits per heavy atom. The zero-order chi connectivity index (χ0) is 25.7. The van der Waals surface area contributed by atoms with Crippen molar-refractivity contribution in [2.75, 3.05) is 11.3 Å². The summed E-state index contributed by atoms with van der Waals surface area (Å²) >= 11 is 0. The van der Waals surface area contributed by atoms with Crippen LogP contribution in [0.2, 0.25) is 0 Å². The number of nitrogens with one attached hydrogen (secondary N) is 1. The van der Waals surface area contributed by atoms with Gasteiger partial charge in [-0.2, -0.15) is 0 Å². The smallest absolute Gasteiger partial charge is 0.360 e. The number of benzene rings is 3. The molecule has 0 bridgehead atoms. The molecular weight excluding hydrogens is 480 g/mol. The number of pyridine rings is 1. The third-order valence-electron chi connectivity index (χ3n) is 5.43. The molecule has 186 valence electrons. The molecule has 2 N–H and O–H groups in total. The molecule has 0 saturated carbocycles. The van der Waals surface area contributed by atoms with Crippen molar-refractivity contribution < 1.29 is 27.8 Å². The summed E-state index contributed by atoms with van der Waals surface area (Å²) in [5, 5.41) is 11.5. The fourth-order valence-electron chi connectivity index (χ4n) is 3.44. The normalized spacial score (nSPS) is 11.3. The summed E-state index contributed by atoms with van der Waals surface area (Å²) in [6.45, 7) is 4.15. The van der Waals surface area contributed by atoms with Crippen molar-refractivity contribution in [3.05, 3.63) is 84.2 Å². The molecule has 0 amide bonds. The Bertz CT molecular complexity index is 1480. The molecule has 0 aliphatic rings. The monoisotopic (exact) mass is 506 g/mol. The van der Waals surface area contributed by atoms with E-state index in [4.69, 9.17) is 9.47 Å². The van der Waals surface area contributed by atoms with Gasteiger partial charge in [0.1, 0.15) is 11.5 Å². The minimum atomic E-state index is -3.70. The van der Waals surface area contributed by atoms with Crippen LogP contribution in [0.3, 0.4) is 0 Å². The number of esters is 1. The Labute approximate surface area is 209 Å². The molecule has 0 atom stereocenters. The Morgan fingerprint density at radius 2 is 1.69 bits per heavy atom. The second kappa shape index (κ2) is 10.7. The van der Waals surface area contributed by atoms with Crippen LogP contribution < -0.4 is 9.46 Å². The van der Waals surface area contributed by atoms with Crippen LogP contribution in [0.1, 0.15) is 35.8 Å². The molecule has 8 nitrogen and oxygen atoms in total. The van der Waals surface area contributed by atoms with Gasteiger partial charge < -0.3 is 14.6 Å². The lowest BCUT2D eigenvalue weighted by Gasteiger charge is -2.11. The quantitative estimate of drug-likeness (QED) is 0.218. The van der Waals surface area contributed by atoms with E-state index in [0.29, 0.717) is 28.0 Å². The Kier molecular flexibility index (Phi) is 7.40. The number of unbranched alkanes of at least 4 members (excludes halogenated alkanes) is 1. The van der Waals surface area contributed by atoms with Crippen LogP contribution in [-0.4, -0.2) is 31.1 Å². The van der Waals surface area contributed by atoms with Crippen molar-refractivity contribution in [2.45, 2.75) is 31.6 Å². The summed E-state index contributed by atoms with van der Waals surface area (Å²) in [5.41, 5.74) is 1.24. The van der Waals surface area contributed by atoms with Crippen LogP contribution in [0.25, 0.3) is 10.8 Å². The van der Waals surface area contributed by atoms with Crippen molar-refractivity contribution in [3.63, 3.8) is 0 Å². The number of aryl methyl sites for hydroxylation is 1. The first-order valence-corrected chi connectivity index (χ1v) is 12.9. The van der Waals surface area contributed by atoms with Gasteiger partial charge in [0.05, 0.1) is 11.5 Å². The van der Waals surface area contributed by atoms with E-state index < -0.39 is 16.0 Å². The van der Waals surface area contributed by atoms with E-state index in [1.807, 2.05) is 13.8 Å². The molecule has 0 spiro atoms. The van der Waals surface area contributed by atoms with Gasteiger partial charge in [-0.05, 0) is 67.9 Å². The molecule has 36 heavy (non-hydrogen) atoms. The maximum Gasteiger partial charge on any atom is 0.360 e. The number of nitrogens with zero attached hydrogens (tertiary/aromatic N) is 1. The van der Waals surface area contributed by atoms with E-state index >= 15 is 0 Å². The molecule has 0 unspecified atom stereocenters. The summed E-state index contributed by atoms with van der Waals surface area (Å²) in [6, 6.07) is 18.1. The highest BCUT2D eigenvalue weighted by atomic mass is 32.2. The summed E-state index contributed by atoms with van der Waals surface area (Å²) in [4.78, 5) is 16.4. The number of hydrogen-bond donors (Lipinski definition) is 2. The molecule has 4 rings (SSSR count). The molecule has 0 radical (unpaired) electrons. The van der Waals surface area contributed by atoms with E-state index in [1.54, 1.807) is 66.7 Å². The number of carbonyl (C=O) groups excluding carboxylic acids is 1. The molecule has 3 aromatic carbocycles. The second-order valence-electron chi connectivity index (χ2n) is 8.24. The average Bonchev–Trinajstić information content (AvgIpc) is 2.85. The number of fused-ring (bicyclic) bond motifs is 1. The van der Waals surface area contributed by atoms with E-state index in [2.05, 4.69) is 9.71 Å². The lowest BCUT2D eigenvalue weighted by Crippen LogP contribution is -2.12. The topological polar surface area (TPSA) is 115 Å². The van der Waals surface area contributed by atoms with Gasteiger partial charge in [-0.15, -0.1) is 0 Å². The van der Waals surface area contributed by atoms with Gasteiger partial charge in [0.25, 0.3) is 10.0 Å². The maximum atomic E-state index is 12.6. The molecule has 4 aromatic rings. The number of aromatic hydroxyl groups is 1. The highest BCUT2D eigenvalue weighted by molar-refractivity contribution is 7.92. The predicted molar refractivity (Wildman–Crippen MR) is 137 cm³/mol. The summed E-state index contributed by atoms with van der Waals surface area (Å²) in [7, 11) is -3.70. The van der Waals surface area contributed by atoms with Crippen molar-refractivity contribution in [1.29, 1.82) is 0 Å². The second-order valence-corrected chi connectivity index (χ2v) is 9.92. The molecule has 9 heteroatoms. The number of sulfonamides is 1. The van der Waals surface area contributed by atoms with E-state index in [1.165, 1.54) is 6.20 Å². The molecule has 1 aromatic heterocycles. The Morgan fingerprint density at radius 3 is 2.39 bits per heavy atom. The molecule has 0 aliphatic carbocycles. The number of carbonyl (C=O) groups is 1. The van der Waals surface area contributed by atoms with Crippen molar-refractivity contribution >= 4 is 32.5 Å². The summed E-state index contributed by atoms with van der Waals surface area (Å²) in [5.74, 6) is 0.0583. The van der Waals surface area contributed by atoms with Crippen LogP contribution in [0.15, 0.2) is 77.8 Å². The third-order valence-corrected chi connectivity index (χ3v) is 6.83. The van der Waals surface area contributed by atoms with Gasteiger partial charge in [-0.3, -0.25) is 4.72 Å². The summed E-state index contributed by atoms with van der Waals surface area (Å²) < 4.78 is 38.7. The number of rotatable bonds is 9. The lowest BCUT2D eigenvalue weighted by molar-refractivity contribution is 0.0489. The Balaban J connectivity index is 1.46. The maximum absolute atomic E-state index is 12.6. The van der Waals surface area contributed by atoms with Gasteiger partial charge >= 0.3 is 5.97 Å². The largest absolute Gasteiger partial charge is 0.505 e. The first-order chi connectivity index (χ1) is 17.3. The van der Waals surface area contributed by atoms with Crippen molar-refractivity contribution in [2.24, 2.45) is 0 Å². The highest BCUT2D eigenvalue weighted by Gasteiger charge is 2.18. The van der Waals surface area contributed by atoms with Crippen LogP contribution in [0.4, 0.5) is 5.69 Å². The number of hydrogen-bond acceptors (Lipinski definition) is 7. The van der Waals surface area contributed by atoms with Crippen LogP contribution in [0, 0.1) is 6.92 Å². The standard InChI is InChI=1S/C27H26N2O6S/c1-3-4-15-34-27(31)25-26(30)24-14-11-22(16-19(24)17-28-25)35-21-9-7-20(8-10-21)29-36(32,33)23-12-5-18(2)6-13-23/h5-14,16-17,29-30H,3-4,15H2,1-2H3.